The number of benzene rings is 1. The summed E-state index contributed by atoms with van der Waals surface area (Å²) in [4.78, 5) is 12.9. The van der Waals surface area contributed by atoms with Crippen molar-refractivity contribution in [2.24, 2.45) is 0 Å². The fraction of sp³-hybridized carbons (Fsp3) is 0.267. The maximum absolute atomic E-state index is 12.2. The summed E-state index contributed by atoms with van der Waals surface area (Å²) in [6.07, 6.45) is 0.738. The third-order valence-corrected chi connectivity index (χ3v) is 5.44. The highest BCUT2D eigenvalue weighted by Crippen LogP contribution is 2.27. The number of aryl methyl sites for hydroxylation is 1. The molecule has 0 spiro atoms. The Morgan fingerprint density at radius 3 is 2.65 bits per heavy atom. The van der Waals surface area contributed by atoms with Crippen LogP contribution in [0.25, 0.3) is 0 Å². The minimum atomic E-state index is -0.0645. The van der Waals surface area contributed by atoms with Crippen LogP contribution in [0.5, 0.6) is 0 Å². The molecule has 2 nitrogen and oxygen atoms in total. The van der Waals surface area contributed by atoms with E-state index in [1.54, 1.807) is 0 Å². The van der Waals surface area contributed by atoms with Crippen molar-refractivity contribution >= 4 is 44.8 Å². The average Bonchev–Trinajstić information content (AvgIpc) is 2.79. The second-order valence-electron chi connectivity index (χ2n) is 4.58. The van der Waals surface area contributed by atoms with Gasteiger partial charge in [-0.25, -0.2) is 0 Å². The van der Waals surface area contributed by atoms with Gasteiger partial charge in [0.15, 0.2) is 0 Å². The summed E-state index contributed by atoms with van der Waals surface area (Å²) in [7, 11) is 0. The molecule has 0 aliphatic rings. The van der Waals surface area contributed by atoms with Gasteiger partial charge in [-0.15, -0.1) is 22.9 Å². The summed E-state index contributed by atoms with van der Waals surface area (Å²) >= 11 is 10.8. The second kappa shape index (κ2) is 7.25. The number of nitrogens with one attached hydrogen (secondary N) is 1. The molecule has 2 aromatic rings. The summed E-state index contributed by atoms with van der Waals surface area (Å²) in [5.41, 5.74) is 2.24. The molecule has 0 aliphatic carbocycles. The van der Waals surface area contributed by atoms with Crippen molar-refractivity contribution in [2.45, 2.75) is 19.4 Å². The first-order chi connectivity index (χ1) is 9.60. The number of carbonyl (C=O) groups excluding carboxylic acids is 1. The fourth-order valence-electron chi connectivity index (χ4n) is 1.87. The molecule has 20 heavy (non-hydrogen) atoms. The molecule has 0 radical (unpaired) electrons. The zero-order valence-electron chi connectivity index (χ0n) is 11.0. The molecule has 1 atom stereocenters. The maximum Gasteiger partial charge on any atom is 0.261 e. The lowest BCUT2D eigenvalue weighted by Gasteiger charge is -2.15. The highest BCUT2D eigenvalue weighted by molar-refractivity contribution is 9.11. The molecule has 1 heterocycles. The number of carbonyl (C=O) groups is 1. The van der Waals surface area contributed by atoms with Crippen LogP contribution in [-0.4, -0.2) is 17.8 Å². The van der Waals surface area contributed by atoms with Crippen molar-refractivity contribution in [3.8, 4) is 0 Å². The van der Waals surface area contributed by atoms with Crippen molar-refractivity contribution < 1.29 is 4.79 Å². The second-order valence-corrected chi connectivity index (χ2v) is 7.26. The summed E-state index contributed by atoms with van der Waals surface area (Å²) in [5, 5.41) is 2.99. The lowest BCUT2D eigenvalue weighted by molar-refractivity contribution is 0.0944. The Kier molecular flexibility index (Phi) is 5.64. The van der Waals surface area contributed by atoms with Gasteiger partial charge in [-0.05, 0) is 46.5 Å². The SMILES string of the molecule is Cc1cc(C(=O)NC(CCl)Cc2ccccc2)sc1Br. The Labute approximate surface area is 136 Å². The van der Waals surface area contributed by atoms with Crippen LogP contribution < -0.4 is 5.32 Å². The van der Waals surface area contributed by atoms with Gasteiger partial charge in [-0.2, -0.15) is 0 Å². The molecule has 2 rings (SSSR count). The summed E-state index contributed by atoms with van der Waals surface area (Å²) < 4.78 is 0.994. The van der Waals surface area contributed by atoms with Gasteiger partial charge in [0.05, 0.1) is 8.66 Å². The van der Waals surface area contributed by atoms with Crippen LogP contribution in [0.3, 0.4) is 0 Å². The standard InChI is InChI=1S/C15H15BrClNOS/c1-10-7-13(20-14(10)16)15(19)18-12(9-17)8-11-5-3-2-4-6-11/h2-7,12H,8-9H2,1H3,(H,18,19). The minimum Gasteiger partial charge on any atom is -0.347 e. The van der Waals surface area contributed by atoms with Gasteiger partial charge in [0.1, 0.15) is 0 Å². The topological polar surface area (TPSA) is 29.1 Å². The highest BCUT2D eigenvalue weighted by atomic mass is 79.9. The van der Waals surface area contributed by atoms with E-state index >= 15 is 0 Å². The van der Waals surface area contributed by atoms with Crippen LogP contribution in [-0.2, 0) is 6.42 Å². The Balaban J connectivity index is 2.01. The highest BCUT2D eigenvalue weighted by Gasteiger charge is 2.16. The average molecular weight is 373 g/mol. The molecular formula is C15H15BrClNOS. The minimum absolute atomic E-state index is 0.0623. The first-order valence-electron chi connectivity index (χ1n) is 6.27. The molecule has 0 saturated carbocycles. The summed E-state index contributed by atoms with van der Waals surface area (Å²) in [6, 6.07) is 11.9. The molecule has 0 bridgehead atoms. The third kappa shape index (κ3) is 4.08. The van der Waals surface area contributed by atoms with E-state index in [0.717, 1.165) is 15.8 Å². The van der Waals surface area contributed by atoms with Gasteiger partial charge in [-0.3, -0.25) is 4.79 Å². The zero-order valence-corrected chi connectivity index (χ0v) is 14.2. The molecule has 0 saturated heterocycles. The monoisotopic (exact) mass is 371 g/mol. The lowest BCUT2D eigenvalue weighted by atomic mass is 10.1. The molecule has 1 N–H and O–H groups in total. The van der Waals surface area contributed by atoms with Crippen LogP contribution in [0.1, 0.15) is 20.8 Å². The van der Waals surface area contributed by atoms with Gasteiger partial charge >= 0.3 is 0 Å². The number of rotatable bonds is 5. The van der Waals surface area contributed by atoms with Gasteiger partial charge in [0.25, 0.3) is 5.91 Å². The molecule has 1 aromatic heterocycles. The molecule has 5 heteroatoms. The van der Waals surface area contributed by atoms with Crippen molar-refractivity contribution in [1.82, 2.24) is 5.32 Å². The van der Waals surface area contributed by atoms with Crippen LogP contribution in [0.4, 0.5) is 0 Å². The van der Waals surface area contributed by atoms with Gasteiger partial charge in [-0.1, -0.05) is 30.3 Å². The molecule has 1 amide bonds. The Hall–Kier alpha value is -0.840. The molecule has 0 aliphatic heterocycles. The van der Waals surface area contributed by atoms with E-state index in [0.29, 0.717) is 10.8 Å². The van der Waals surface area contributed by atoms with E-state index in [1.807, 2.05) is 43.3 Å². The van der Waals surface area contributed by atoms with E-state index in [9.17, 15) is 4.79 Å². The Morgan fingerprint density at radius 2 is 2.10 bits per heavy atom. The quantitative estimate of drug-likeness (QED) is 0.774. The maximum atomic E-state index is 12.2. The van der Waals surface area contributed by atoms with E-state index in [-0.39, 0.29) is 11.9 Å². The van der Waals surface area contributed by atoms with E-state index in [4.69, 9.17) is 11.6 Å². The van der Waals surface area contributed by atoms with Crippen LogP contribution >= 0.6 is 38.9 Å². The number of alkyl halides is 1. The van der Waals surface area contributed by atoms with E-state index < -0.39 is 0 Å². The Bertz CT molecular complexity index is 565. The molecule has 106 valence electrons. The number of thiophene rings is 1. The first-order valence-corrected chi connectivity index (χ1v) is 8.41. The first kappa shape index (κ1) is 15.5. The van der Waals surface area contributed by atoms with Gasteiger partial charge < -0.3 is 5.32 Å². The molecular weight excluding hydrogens is 358 g/mol. The number of halogens is 2. The fourth-order valence-corrected chi connectivity index (χ4v) is 3.50. The van der Waals surface area contributed by atoms with Crippen molar-refractivity contribution in [3.63, 3.8) is 0 Å². The predicted molar refractivity (Wildman–Crippen MR) is 88.9 cm³/mol. The molecule has 0 fully saturated rings. The number of hydrogen-bond donors (Lipinski definition) is 1. The smallest absolute Gasteiger partial charge is 0.261 e. The Morgan fingerprint density at radius 1 is 1.40 bits per heavy atom. The zero-order chi connectivity index (χ0) is 14.5. The predicted octanol–water partition coefficient (Wildman–Crippen LogP) is 4.40. The van der Waals surface area contributed by atoms with Crippen molar-refractivity contribution in [2.75, 3.05) is 5.88 Å². The summed E-state index contributed by atoms with van der Waals surface area (Å²) in [6.45, 7) is 1.97. The van der Waals surface area contributed by atoms with E-state index in [2.05, 4.69) is 21.2 Å². The van der Waals surface area contributed by atoms with Crippen LogP contribution in [0.15, 0.2) is 40.2 Å². The molecule has 1 unspecified atom stereocenters. The van der Waals surface area contributed by atoms with Crippen LogP contribution in [0, 0.1) is 6.92 Å². The van der Waals surface area contributed by atoms with Crippen LogP contribution in [0.2, 0.25) is 0 Å². The largest absolute Gasteiger partial charge is 0.347 e. The van der Waals surface area contributed by atoms with E-state index in [1.165, 1.54) is 16.9 Å². The summed E-state index contributed by atoms with van der Waals surface area (Å²) in [5.74, 6) is 0.331. The molecule has 1 aromatic carbocycles. The van der Waals surface area contributed by atoms with Crippen molar-refractivity contribution in [1.29, 1.82) is 0 Å². The number of hydrogen-bond acceptors (Lipinski definition) is 2. The normalized spacial score (nSPS) is 12.2. The van der Waals surface area contributed by atoms with Crippen molar-refractivity contribution in [3.05, 3.63) is 56.2 Å². The lowest BCUT2D eigenvalue weighted by Crippen LogP contribution is -2.37. The van der Waals surface area contributed by atoms with Gasteiger partial charge in [0.2, 0.25) is 0 Å². The number of amides is 1. The third-order valence-electron chi connectivity index (χ3n) is 2.93. The van der Waals surface area contributed by atoms with Gasteiger partial charge in [0, 0.05) is 11.9 Å².